The van der Waals surface area contributed by atoms with Gasteiger partial charge in [0, 0.05) is 33.9 Å². The summed E-state index contributed by atoms with van der Waals surface area (Å²) in [5, 5.41) is 0. The van der Waals surface area contributed by atoms with Crippen LogP contribution >= 0.6 is 0 Å². The van der Waals surface area contributed by atoms with Gasteiger partial charge in [0.15, 0.2) is 0 Å². The van der Waals surface area contributed by atoms with Gasteiger partial charge in [-0.15, -0.1) is 0 Å². The Balaban J connectivity index is 2.07. The SMILES string of the molecule is COC1CN(c2ccc(CN)nc2)CC1OC. The first-order valence-corrected chi connectivity index (χ1v) is 5.74. The Bertz CT molecular complexity index is 343. The third kappa shape index (κ3) is 2.57. The number of hydrogen-bond acceptors (Lipinski definition) is 5. The normalized spacial score (nSPS) is 24.3. The van der Waals surface area contributed by atoms with E-state index < -0.39 is 0 Å². The quantitative estimate of drug-likeness (QED) is 0.821. The Hall–Kier alpha value is -1.17. The molecule has 0 amide bonds. The molecule has 1 aromatic heterocycles. The van der Waals surface area contributed by atoms with Crippen molar-refractivity contribution in [2.24, 2.45) is 5.73 Å². The fourth-order valence-corrected chi connectivity index (χ4v) is 2.13. The number of aromatic nitrogens is 1. The first-order chi connectivity index (χ1) is 8.28. The van der Waals surface area contributed by atoms with Crippen molar-refractivity contribution in [3.8, 4) is 0 Å². The molecule has 1 fully saturated rings. The maximum Gasteiger partial charge on any atom is 0.102 e. The molecule has 5 nitrogen and oxygen atoms in total. The van der Waals surface area contributed by atoms with E-state index in [-0.39, 0.29) is 12.2 Å². The van der Waals surface area contributed by atoms with E-state index in [9.17, 15) is 0 Å². The lowest BCUT2D eigenvalue weighted by atomic mass is 10.3. The Morgan fingerprint density at radius 2 is 1.94 bits per heavy atom. The second-order valence-electron chi connectivity index (χ2n) is 4.17. The number of hydrogen-bond donors (Lipinski definition) is 1. The van der Waals surface area contributed by atoms with Crippen LogP contribution in [0.3, 0.4) is 0 Å². The van der Waals surface area contributed by atoms with Crippen LogP contribution in [-0.4, -0.2) is 44.5 Å². The van der Waals surface area contributed by atoms with Crippen molar-refractivity contribution in [3.63, 3.8) is 0 Å². The van der Waals surface area contributed by atoms with Gasteiger partial charge in [0.05, 0.1) is 17.6 Å². The number of ether oxygens (including phenoxy) is 2. The summed E-state index contributed by atoms with van der Waals surface area (Å²) in [6.07, 6.45) is 2.09. The van der Waals surface area contributed by atoms with Crippen molar-refractivity contribution in [1.82, 2.24) is 4.98 Å². The second kappa shape index (κ2) is 5.44. The summed E-state index contributed by atoms with van der Waals surface area (Å²) in [5.41, 5.74) is 7.51. The molecule has 5 heteroatoms. The minimum atomic E-state index is 0.120. The summed E-state index contributed by atoms with van der Waals surface area (Å²) in [7, 11) is 3.44. The average Bonchev–Trinajstić information content (AvgIpc) is 2.82. The van der Waals surface area contributed by atoms with Gasteiger partial charge in [0.25, 0.3) is 0 Å². The van der Waals surface area contributed by atoms with Gasteiger partial charge in [-0.3, -0.25) is 4.98 Å². The molecule has 0 saturated carbocycles. The summed E-state index contributed by atoms with van der Waals surface area (Å²) in [6.45, 7) is 2.14. The molecule has 2 unspecified atom stereocenters. The van der Waals surface area contributed by atoms with Crippen molar-refractivity contribution in [2.75, 3.05) is 32.2 Å². The molecule has 2 N–H and O–H groups in total. The molecular weight excluding hydrogens is 218 g/mol. The monoisotopic (exact) mass is 237 g/mol. The predicted molar refractivity (Wildman–Crippen MR) is 65.9 cm³/mol. The summed E-state index contributed by atoms with van der Waals surface area (Å²) in [4.78, 5) is 6.51. The van der Waals surface area contributed by atoms with Crippen molar-refractivity contribution in [3.05, 3.63) is 24.0 Å². The Morgan fingerprint density at radius 1 is 1.29 bits per heavy atom. The van der Waals surface area contributed by atoms with Crippen LogP contribution in [-0.2, 0) is 16.0 Å². The van der Waals surface area contributed by atoms with Crippen LogP contribution in [0.5, 0.6) is 0 Å². The second-order valence-corrected chi connectivity index (χ2v) is 4.17. The lowest BCUT2D eigenvalue weighted by Crippen LogP contribution is -2.27. The van der Waals surface area contributed by atoms with Crippen LogP contribution in [0.15, 0.2) is 18.3 Å². The van der Waals surface area contributed by atoms with Gasteiger partial charge in [-0.2, -0.15) is 0 Å². The third-order valence-corrected chi connectivity index (χ3v) is 3.20. The number of methoxy groups -OCH3 is 2. The molecule has 0 bridgehead atoms. The predicted octanol–water partition coefficient (Wildman–Crippen LogP) is 0.390. The molecule has 1 saturated heterocycles. The summed E-state index contributed by atoms with van der Waals surface area (Å²) >= 11 is 0. The lowest BCUT2D eigenvalue weighted by molar-refractivity contribution is -0.00461. The summed E-state index contributed by atoms with van der Waals surface area (Å²) in [5.74, 6) is 0. The molecule has 1 aromatic rings. The van der Waals surface area contributed by atoms with Gasteiger partial charge < -0.3 is 20.1 Å². The van der Waals surface area contributed by atoms with E-state index in [0.717, 1.165) is 24.5 Å². The Kier molecular flexibility index (Phi) is 3.93. The molecule has 94 valence electrons. The van der Waals surface area contributed by atoms with Crippen LogP contribution in [0.2, 0.25) is 0 Å². The maximum atomic E-state index is 5.52. The first kappa shape index (κ1) is 12.3. The molecule has 2 heterocycles. The number of nitrogens with two attached hydrogens (primary N) is 1. The van der Waals surface area contributed by atoms with Crippen LogP contribution in [0.1, 0.15) is 5.69 Å². The number of anilines is 1. The largest absolute Gasteiger partial charge is 0.377 e. The zero-order valence-corrected chi connectivity index (χ0v) is 10.3. The first-order valence-electron chi connectivity index (χ1n) is 5.74. The standard InChI is InChI=1S/C12H19N3O2/c1-16-11-7-15(8-12(11)17-2)10-4-3-9(5-13)14-6-10/h3-4,6,11-12H,5,7-8,13H2,1-2H3. The fraction of sp³-hybridized carbons (Fsp3) is 0.583. The van der Waals surface area contributed by atoms with Gasteiger partial charge in [0.1, 0.15) is 12.2 Å². The van der Waals surface area contributed by atoms with E-state index in [1.54, 1.807) is 14.2 Å². The minimum absolute atomic E-state index is 0.120. The summed E-state index contributed by atoms with van der Waals surface area (Å²) < 4.78 is 10.8. The number of nitrogens with zero attached hydrogens (tertiary/aromatic N) is 2. The van der Waals surface area contributed by atoms with Gasteiger partial charge in [-0.05, 0) is 12.1 Å². The highest BCUT2D eigenvalue weighted by Crippen LogP contribution is 2.22. The van der Waals surface area contributed by atoms with Crippen LogP contribution in [0.25, 0.3) is 0 Å². The molecule has 2 rings (SSSR count). The molecule has 0 aliphatic carbocycles. The van der Waals surface area contributed by atoms with E-state index in [0.29, 0.717) is 6.54 Å². The zero-order chi connectivity index (χ0) is 12.3. The van der Waals surface area contributed by atoms with Crippen molar-refractivity contribution < 1.29 is 9.47 Å². The van der Waals surface area contributed by atoms with E-state index in [1.165, 1.54) is 0 Å². The topological polar surface area (TPSA) is 60.6 Å². The Labute approximate surface area is 102 Å². The average molecular weight is 237 g/mol. The molecule has 0 spiro atoms. The van der Waals surface area contributed by atoms with E-state index in [1.807, 2.05) is 18.3 Å². The molecule has 1 aliphatic heterocycles. The zero-order valence-electron chi connectivity index (χ0n) is 10.3. The molecule has 0 radical (unpaired) electrons. The molecule has 2 atom stereocenters. The van der Waals surface area contributed by atoms with Gasteiger partial charge >= 0.3 is 0 Å². The highest BCUT2D eigenvalue weighted by Gasteiger charge is 2.33. The third-order valence-electron chi connectivity index (χ3n) is 3.20. The van der Waals surface area contributed by atoms with Crippen molar-refractivity contribution >= 4 is 5.69 Å². The Morgan fingerprint density at radius 3 is 2.35 bits per heavy atom. The van der Waals surface area contributed by atoms with E-state index in [4.69, 9.17) is 15.2 Å². The van der Waals surface area contributed by atoms with Crippen molar-refractivity contribution in [2.45, 2.75) is 18.8 Å². The van der Waals surface area contributed by atoms with Crippen LogP contribution < -0.4 is 10.6 Å². The molecular formula is C12H19N3O2. The van der Waals surface area contributed by atoms with Gasteiger partial charge in [-0.1, -0.05) is 0 Å². The van der Waals surface area contributed by atoms with Crippen LogP contribution in [0, 0.1) is 0 Å². The highest BCUT2D eigenvalue weighted by molar-refractivity contribution is 5.46. The highest BCUT2D eigenvalue weighted by atomic mass is 16.5. The van der Waals surface area contributed by atoms with Gasteiger partial charge in [-0.25, -0.2) is 0 Å². The fourth-order valence-electron chi connectivity index (χ4n) is 2.13. The summed E-state index contributed by atoms with van der Waals surface area (Å²) in [6, 6.07) is 4.00. The maximum absolute atomic E-state index is 5.52. The molecule has 0 aromatic carbocycles. The minimum Gasteiger partial charge on any atom is -0.377 e. The lowest BCUT2D eigenvalue weighted by Gasteiger charge is -2.17. The number of rotatable bonds is 4. The number of pyridine rings is 1. The molecule has 17 heavy (non-hydrogen) atoms. The van der Waals surface area contributed by atoms with E-state index >= 15 is 0 Å². The smallest absolute Gasteiger partial charge is 0.102 e. The van der Waals surface area contributed by atoms with E-state index in [2.05, 4.69) is 9.88 Å². The van der Waals surface area contributed by atoms with Crippen molar-refractivity contribution in [1.29, 1.82) is 0 Å². The van der Waals surface area contributed by atoms with Crippen LogP contribution in [0.4, 0.5) is 5.69 Å². The molecule has 1 aliphatic rings. The van der Waals surface area contributed by atoms with Gasteiger partial charge in [0.2, 0.25) is 0 Å².